The molecular weight excluding hydrogens is 416 g/mol. The summed E-state index contributed by atoms with van der Waals surface area (Å²) in [4.78, 5) is 12.8. The average molecular weight is 437 g/mol. The first-order valence-electron chi connectivity index (χ1n) is 11.5. The highest BCUT2D eigenvalue weighted by Gasteiger charge is 2.59. The molecule has 2 heterocycles. The van der Waals surface area contributed by atoms with Crippen LogP contribution in [-0.4, -0.2) is 0 Å². The number of hydrogen-bond acceptors (Lipinski definition) is 2. The Balaban J connectivity index is 1.60. The highest BCUT2D eigenvalue weighted by molar-refractivity contribution is 5.87. The molecule has 0 spiro atoms. The van der Waals surface area contributed by atoms with Crippen molar-refractivity contribution in [2.45, 2.75) is 11.2 Å². The summed E-state index contributed by atoms with van der Waals surface area (Å²) < 4.78 is 0. The molecule has 2 aliphatic heterocycles. The summed E-state index contributed by atoms with van der Waals surface area (Å²) in [5.74, 6) is 6.85. The zero-order valence-corrected chi connectivity index (χ0v) is 18.4. The van der Waals surface area contributed by atoms with E-state index in [0.29, 0.717) is 0 Å². The molecule has 2 nitrogen and oxygen atoms in total. The Morgan fingerprint density at radius 3 is 1.82 bits per heavy atom. The zero-order chi connectivity index (χ0) is 22.6. The van der Waals surface area contributed by atoms with E-state index in [0.717, 1.165) is 44.2 Å². The second-order valence-electron chi connectivity index (χ2n) is 8.80. The van der Waals surface area contributed by atoms with Crippen molar-refractivity contribution in [1.29, 1.82) is 0 Å². The van der Waals surface area contributed by atoms with Crippen LogP contribution in [0.2, 0.25) is 0 Å². The maximum absolute atomic E-state index is 6.44. The van der Waals surface area contributed by atoms with Gasteiger partial charge in [0.05, 0.1) is 0 Å². The SMILES string of the molecule is C(#CC12OOC(c3ccccc3)(c3ccccc31)c1cc3ccccc3cc12)c1ccccc1. The molecule has 0 fully saturated rings. The molecule has 2 atom stereocenters. The Kier molecular flexibility index (Phi) is 4.07. The van der Waals surface area contributed by atoms with Gasteiger partial charge in [-0.1, -0.05) is 103 Å². The van der Waals surface area contributed by atoms with Crippen molar-refractivity contribution in [3.05, 3.63) is 155 Å². The predicted octanol–water partition coefficient (Wildman–Crippen LogP) is 6.70. The molecule has 160 valence electrons. The normalized spacial score (nSPS) is 21.9. The Bertz CT molecular complexity index is 1610. The first kappa shape index (κ1) is 19.3. The summed E-state index contributed by atoms with van der Waals surface area (Å²) in [7, 11) is 0. The molecule has 2 heteroatoms. The number of benzene rings is 5. The fourth-order valence-electron chi connectivity index (χ4n) is 5.38. The molecule has 8 rings (SSSR count). The van der Waals surface area contributed by atoms with Crippen LogP contribution in [0.25, 0.3) is 10.8 Å². The van der Waals surface area contributed by atoms with Gasteiger partial charge in [0, 0.05) is 27.8 Å². The molecule has 3 aliphatic rings. The van der Waals surface area contributed by atoms with Gasteiger partial charge in [0.25, 0.3) is 0 Å². The van der Waals surface area contributed by atoms with Crippen LogP contribution in [0.15, 0.2) is 121 Å². The minimum atomic E-state index is -1.03. The van der Waals surface area contributed by atoms with Crippen LogP contribution in [0.3, 0.4) is 0 Å². The second kappa shape index (κ2) is 7.17. The second-order valence-corrected chi connectivity index (χ2v) is 8.80. The van der Waals surface area contributed by atoms with Gasteiger partial charge in [-0.05, 0) is 46.5 Å². The Morgan fingerprint density at radius 1 is 0.500 bits per heavy atom. The van der Waals surface area contributed by atoms with Gasteiger partial charge in [0.1, 0.15) is 0 Å². The highest BCUT2D eigenvalue weighted by atomic mass is 17.2. The lowest BCUT2D eigenvalue weighted by molar-refractivity contribution is -0.405. The van der Waals surface area contributed by atoms with Crippen LogP contribution in [0.5, 0.6) is 0 Å². The van der Waals surface area contributed by atoms with Crippen LogP contribution in [-0.2, 0) is 21.0 Å². The van der Waals surface area contributed by atoms with E-state index >= 15 is 0 Å². The van der Waals surface area contributed by atoms with Gasteiger partial charge >= 0.3 is 0 Å². The van der Waals surface area contributed by atoms with Crippen molar-refractivity contribution in [2.75, 3.05) is 0 Å². The summed E-state index contributed by atoms with van der Waals surface area (Å²) in [6.07, 6.45) is 0. The molecule has 0 saturated heterocycles. The molecule has 5 aromatic carbocycles. The standard InChI is InChI=1S/C32H20O2/c1-3-11-23(12-4-1)19-20-31-27-17-9-10-18-28(27)32(34-33-31,26-15-5-2-6-16-26)30-22-25-14-8-7-13-24(25)21-29(30)31/h1-18,21-22H. The average Bonchev–Trinajstić information content (AvgIpc) is 2.92. The minimum absolute atomic E-state index is 0.868. The molecule has 0 aromatic heterocycles. The molecule has 2 bridgehead atoms. The van der Waals surface area contributed by atoms with Gasteiger partial charge < -0.3 is 0 Å². The van der Waals surface area contributed by atoms with E-state index in [1.54, 1.807) is 0 Å². The number of fused-ring (bicyclic) bond motifs is 2. The van der Waals surface area contributed by atoms with Gasteiger partial charge in [-0.15, -0.1) is 0 Å². The molecule has 1 aliphatic carbocycles. The lowest BCUT2D eigenvalue weighted by atomic mass is 9.64. The fourth-order valence-corrected chi connectivity index (χ4v) is 5.38. The monoisotopic (exact) mass is 436 g/mol. The van der Waals surface area contributed by atoms with Crippen molar-refractivity contribution < 1.29 is 9.78 Å². The summed E-state index contributed by atoms with van der Waals surface area (Å²) >= 11 is 0. The van der Waals surface area contributed by atoms with Gasteiger partial charge in [0.2, 0.25) is 5.60 Å². The minimum Gasteiger partial charge on any atom is -0.213 e. The van der Waals surface area contributed by atoms with Crippen LogP contribution in [0.1, 0.15) is 33.4 Å². The van der Waals surface area contributed by atoms with E-state index < -0.39 is 11.2 Å². The fraction of sp³-hybridized carbons (Fsp3) is 0.0625. The first-order chi connectivity index (χ1) is 16.8. The molecule has 5 aromatic rings. The number of hydrogen-bond donors (Lipinski definition) is 0. The van der Waals surface area contributed by atoms with Crippen LogP contribution in [0, 0.1) is 11.8 Å². The summed E-state index contributed by atoms with van der Waals surface area (Å²) in [6.45, 7) is 0. The summed E-state index contributed by atoms with van der Waals surface area (Å²) in [5, 5.41) is 2.32. The van der Waals surface area contributed by atoms with Crippen molar-refractivity contribution >= 4 is 10.8 Å². The van der Waals surface area contributed by atoms with Crippen molar-refractivity contribution in [1.82, 2.24) is 0 Å². The molecular formula is C32H20O2. The smallest absolute Gasteiger partial charge is 0.213 e. The topological polar surface area (TPSA) is 18.5 Å². The Morgan fingerprint density at radius 2 is 1.09 bits per heavy atom. The van der Waals surface area contributed by atoms with Crippen molar-refractivity contribution in [3.8, 4) is 11.8 Å². The Hall–Kier alpha value is -4.16. The summed E-state index contributed by atoms with van der Waals surface area (Å²) in [5.41, 5.74) is 4.27. The van der Waals surface area contributed by atoms with E-state index in [-0.39, 0.29) is 0 Å². The molecule has 0 saturated carbocycles. The third-order valence-electron chi connectivity index (χ3n) is 6.96. The number of rotatable bonds is 1. The first-order valence-corrected chi connectivity index (χ1v) is 11.5. The quantitative estimate of drug-likeness (QED) is 0.215. The predicted molar refractivity (Wildman–Crippen MR) is 133 cm³/mol. The molecule has 0 N–H and O–H groups in total. The lowest BCUT2D eigenvalue weighted by Gasteiger charge is -2.51. The third kappa shape index (κ3) is 2.54. The molecule has 0 amide bonds. The van der Waals surface area contributed by atoms with Crippen molar-refractivity contribution in [2.24, 2.45) is 0 Å². The largest absolute Gasteiger partial charge is 0.215 e. The summed E-state index contributed by atoms with van der Waals surface area (Å²) in [6, 6.07) is 41.6. The highest BCUT2D eigenvalue weighted by Crippen LogP contribution is 2.59. The third-order valence-corrected chi connectivity index (χ3v) is 6.96. The zero-order valence-electron chi connectivity index (χ0n) is 18.4. The molecule has 2 unspecified atom stereocenters. The van der Waals surface area contributed by atoms with Crippen LogP contribution < -0.4 is 0 Å². The lowest BCUT2D eigenvalue weighted by Crippen LogP contribution is -2.52. The van der Waals surface area contributed by atoms with Gasteiger partial charge in [-0.3, -0.25) is 0 Å². The molecule has 34 heavy (non-hydrogen) atoms. The Labute approximate surface area is 198 Å². The maximum atomic E-state index is 6.44. The van der Waals surface area contributed by atoms with E-state index in [4.69, 9.17) is 9.78 Å². The van der Waals surface area contributed by atoms with Gasteiger partial charge in [0.15, 0.2) is 5.60 Å². The van der Waals surface area contributed by atoms with E-state index in [1.165, 1.54) is 0 Å². The van der Waals surface area contributed by atoms with Crippen LogP contribution in [0.4, 0.5) is 0 Å². The van der Waals surface area contributed by atoms with Crippen LogP contribution >= 0.6 is 0 Å². The van der Waals surface area contributed by atoms with Gasteiger partial charge in [-0.25, -0.2) is 9.78 Å². The van der Waals surface area contributed by atoms with E-state index in [1.807, 2.05) is 54.6 Å². The maximum Gasteiger partial charge on any atom is 0.215 e. The van der Waals surface area contributed by atoms with Gasteiger partial charge in [-0.2, -0.15) is 0 Å². The van der Waals surface area contributed by atoms with E-state index in [9.17, 15) is 0 Å². The van der Waals surface area contributed by atoms with E-state index in [2.05, 4.69) is 78.6 Å². The molecule has 0 radical (unpaired) electrons. The van der Waals surface area contributed by atoms with Crippen molar-refractivity contribution in [3.63, 3.8) is 0 Å².